The number of carbonyl (C=O) groups is 1. The van der Waals surface area contributed by atoms with Gasteiger partial charge in [-0.05, 0) is 44.4 Å². The standard InChI is InChI=1S/C17H20FN3O2/c1-11(13-9-12(18)6-7-16(13)23-2)20-17(22)14-10-19-21-8-4-3-5-15(14)21/h6-7,9-11H,3-5,8H2,1-2H3,(H,20,22)/t11-/m0/s1. The van der Waals surface area contributed by atoms with Crippen LogP contribution in [-0.2, 0) is 13.0 Å². The minimum Gasteiger partial charge on any atom is -0.496 e. The van der Waals surface area contributed by atoms with Crippen LogP contribution in [0.25, 0.3) is 0 Å². The number of ether oxygens (including phenoxy) is 1. The van der Waals surface area contributed by atoms with Crippen LogP contribution in [0.1, 0.15) is 47.4 Å². The lowest BCUT2D eigenvalue weighted by Crippen LogP contribution is -2.28. The second kappa shape index (κ2) is 6.40. The molecule has 1 amide bonds. The molecule has 1 atom stereocenters. The number of nitrogens with one attached hydrogen (secondary N) is 1. The highest BCUT2D eigenvalue weighted by Gasteiger charge is 2.22. The molecule has 0 bridgehead atoms. The number of amides is 1. The molecule has 6 heteroatoms. The van der Waals surface area contributed by atoms with E-state index in [1.807, 2.05) is 11.6 Å². The van der Waals surface area contributed by atoms with Crippen LogP contribution in [-0.4, -0.2) is 22.8 Å². The molecule has 0 fully saturated rings. The zero-order chi connectivity index (χ0) is 16.4. The molecule has 23 heavy (non-hydrogen) atoms. The van der Waals surface area contributed by atoms with E-state index in [0.717, 1.165) is 31.5 Å². The molecule has 1 aliphatic heterocycles. The quantitative estimate of drug-likeness (QED) is 0.943. The molecule has 2 aromatic rings. The van der Waals surface area contributed by atoms with Gasteiger partial charge in [0.05, 0.1) is 30.6 Å². The van der Waals surface area contributed by atoms with Gasteiger partial charge in [-0.2, -0.15) is 5.10 Å². The van der Waals surface area contributed by atoms with Gasteiger partial charge >= 0.3 is 0 Å². The van der Waals surface area contributed by atoms with Crippen molar-refractivity contribution >= 4 is 5.91 Å². The first-order valence-corrected chi connectivity index (χ1v) is 7.79. The molecular weight excluding hydrogens is 297 g/mol. The number of hydrogen-bond donors (Lipinski definition) is 1. The maximum atomic E-state index is 13.5. The Morgan fingerprint density at radius 1 is 1.43 bits per heavy atom. The van der Waals surface area contributed by atoms with E-state index >= 15 is 0 Å². The molecule has 0 unspecified atom stereocenters. The molecule has 0 spiro atoms. The van der Waals surface area contributed by atoms with Gasteiger partial charge in [0.25, 0.3) is 5.91 Å². The van der Waals surface area contributed by atoms with Gasteiger partial charge in [-0.1, -0.05) is 0 Å². The average Bonchev–Trinajstić information content (AvgIpc) is 2.98. The summed E-state index contributed by atoms with van der Waals surface area (Å²) < 4.78 is 20.6. The Hall–Kier alpha value is -2.37. The van der Waals surface area contributed by atoms with Crippen LogP contribution in [0, 0.1) is 5.82 Å². The maximum absolute atomic E-state index is 13.5. The number of aryl methyl sites for hydroxylation is 1. The number of hydrogen-bond acceptors (Lipinski definition) is 3. The van der Waals surface area contributed by atoms with Gasteiger partial charge in [-0.25, -0.2) is 4.39 Å². The van der Waals surface area contributed by atoms with Gasteiger partial charge in [0.2, 0.25) is 0 Å². The lowest BCUT2D eigenvalue weighted by molar-refractivity contribution is 0.0938. The number of fused-ring (bicyclic) bond motifs is 1. The van der Waals surface area contributed by atoms with Gasteiger partial charge in [-0.15, -0.1) is 0 Å². The fourth-order valence-electron chi connectivity index (χ4n) is 3.01. The smallest absolute Gasteiger partial charge is 0.255 e. The van der Waals surface area contributed by atoms with Crippen molar-refractivity contribution < 1.29 is 13.9 Å². The van der Waals surface area contributed by atoms with E-state index in [9.17, 15) is 9.18 Å². The number of benzene rings is 1. The van der Waals surface area contributed by atoms with E-state index in [-0.39, 0.29) is 17.8 Å². The van der Waals surface area contributed by atoms with Crippen molar-refractivity contribution in [3.63, 3.8) is 0 Å². The van der Waals surface area contributed by atoms with Crippen LogP contribution in [0.15, 0.2) is 24.4 Å². The highest BCUT2D eigenvalue weighted by molar-refractivity contribution is 5.95. The van der Waals surface area contributed by atoms with Crippen LogP contribution in [0.4, 0.5) is 4.39 Å². The van der Waals surface area contributed by atoms with E-state index in [2.05, 4.69) is 10.4 Å². The molecule has 0 saturated heterocycles. The molecule has 5 nitrogen and oxygen atoms in total. The predicted molar refractivity (Wildman–Crippen MR) is 84.0 cm³/mol. The average molecular weight is 317 g/mol. The molecule has 1 aliphatic rings. The highest BCUT2D eigenvalue weighted by Crippen LogP contribution is 2.26. The third kappa shape index (κ3) is 3.06. The monoisotopic (exact) mass is 317 g/mol. The van der Waals surface area contributed by atoms with Gasteiger partial charge in [0.15, 0.2) is 0 Å². The Labute approximate surface area is 134 Å². The Morgan fingerprint density at radius 3 is 3.04 bits per heavy atom. The summed E-state index contributed by atoms with van der Waals surface area (Å²) in [6, 6.07) is 3.92. The molecule has 122 valence electrons. The first kappa shape index (κ1) is 15.5. The van der Waals surface area contributed by atoms with Gasteiger partial charge in [-0.3, -0.25) is 9.48 Å². The summed E-state index contributed by atoms with van der Waals surface area (Å²) in [5, 5.41) is 7.19. The van der Waals surface area contributed by atoms with Crippen LogP contribution in [0.5, 0.6) is 5.75 Å². The Morgan fingerprint density at radius 2 is 2.26 bits per heavy atom. The van der Waals surface area contributed by atoms with Gasteiger partial charge in [0, 0.05) is 12.1 Å². The van der Waals surface area contributed by atoms with Crippen molar-refractivity contribution in [3.05, 3.63) is 47.0 Å². The minimum absolute atomic E-state index is 0.188. The number of methoxy groups -OCH3 is 1. The largest absolute Gasteiger partial charge is 0.496 e. The molecule has 2 heterocycles. The first-order chi connectivity index (χ1) is 11.1. The lowest BCUT2D eigenvalue weighted by Gasteiger charge is -2.18. The Bertz CT molecular complexity index is 727. The van der Waals surface area contributed by atoms with Crippen LogP contribution >= 0.6 is 0 Å². The van der Waals surface area contributed by atoms with Crippen molar-refractivity contribution in [2.24, 2.45) is 0 Å². The second-order valence-corrected chi connectivity index (χ2v) is 5.77. The van der Waals surface area contributed by atoms with Crippen molar-refractivity contribution in [2.75, 3.05) is 7.11 Å². The fourth-order valence-corrected chi connectivity index (χ4v) is 3.01. The number of carbonyl (C=O) groups excluding carboxylic acids is 1. The molecule has 0 saturated carbocycles. The second-order valence-electron chi connectivity index (χ2n) is 5.77. The first-order valence-electron chi connectivity index (χ1n) is 7.79. The van der Waals surface area contributed by atoms with E-state index in [0.29, 0.717) is 16.9 Å². The highest BCUT2D eigenvalue weighted by atomic mass is 19.1. The molecule has 1 N–H and O–H groups in total. The van der Waals surface area contributed by atoms with Crippen molar-refractivity contribution in [2.45, 2.75) is 38.8 Å². The van der Waals surface area contributed by atoms with Gasteiger partial charge < -0.3 is 10.1 Å². The van der Waals surface area contributed by atoms with E-state index in [1.54, 1.807) is 12.3 Å². The van der Waals surface area contributed by atoms with Crippen molar-refractivity contribution in [3.8, 4) is 5.75 Å². The molecule has 0 aliphatic carbocycles. The van der Waals surface area contributed by atoms with E-state index < -0.39 is 0 Å². The summed E-state index contributed by atoms with van der Waals surface area (Å²) in [5.41, 5.74) is 2.20. The third-order valence-corrected chi connectivity index (χ3v) is 4.23. The molecular formula is C17H20FN3O2. The van der Waals surface area contributed by atoms with Gasteiger partial charge in [0.1, 0.15) is 11.6 Å². The molecule has 1 aromatic heterocycles. The maximum Gasteiger partial charge on any atom is 0.255 e. The third-order valence-electron chi connectivity index (χ3n) is 4.23. The SMILES string of the molecule is COc1ccc(F)cc1[C@H](C)NC(=O)c1cnn2c1CCCC2. The lowest BCUT2D eigenvalue weighted by atomic mass is 10.0. The zero-order valence-electron chi connectivity index (χ0n) is 13.3. The minimum atomic E-state index is -0.368. The summed E-state index contributed by atoms with van der Waals surface area (Å²) in [6.07, 6.45) is 4.64. The zero-order valence-corrected chi connectivity index (χ0v) is 13.3. The molecule has 1 aromatic carbocycles. The number of rotatable bonds is 4. The van der Waals surface area contributed by atoms with Crippen LogP contribution in [0.3, 0.4) is 0 Å². The Balaban J connectivity index is 1.80. The number of nitrogens with zero attached hydrogens (tertiary/aromatic N) is 2. The van der Waals surface area contributed by atoms with E-state index in [4.69, 9.17) is 4.74 Å². The van der Waals surface area contributed by atoms with E-state index in [1.165, 1.54) is 19.2 Å². The van der Waals surface area contributed by atoms with Crippen LogP contribution in [0.2, 0.25) is 0 Å². The summed E-state index contributed by atoms with van der Waals surface area (Å²) in [4.78, 5) is 12.5. The summed E-state index contributed by atoms with van der Waals surface area (Å²) in [5.74, 6) is 0.00742. The predicted octanol–water partition coefficient (Wildman–Crippen LogP) is 2.86. The molecule has 0 radical (unpaired) electrons. The molecule has 3 rings (SSSR count). The number of halogens is 1. The Kier molecular flexibility index (Phi) is 4.32. The fraction of sp³-hybridized carbons (Fsp3) is 0.412. The van der Waals surface area contributed by atoms with Crippen molar-refractivity contribution in [1.82, 2.24) is 15.1 Å². The summed E-state index contributed by atoms with van der Waals surface area (Å²) in [7, 11) is 1.53. The summed E-state index contributed by atoms with van der Waals surface area (Å²) in [6.45, 7) is 2.67. The normalized spacial score (nSPS) is 14.9. The van der Waals surface area contributed by atoms with Crippen molar-refractivity contribution in [1.29, 1.82) is 0 Å². The number of aromatic nitrogens is 2. The topological polar surface area (TPSA) is 56.1 Å². The van der Waals surface area contributed by atoms with Crippen LogP contribution < -0.4 is 10.1 Å². The summed E-state index contributed by atoms with van der Waals surface area (Å²) >= 11 is 0.